The maximum Gasteiger partial charge on any atom is 0.224 e. The second-order valence-corrected chi connectivity index (χ2v) is 5.59. The monoisotopic (exact) mass is 298 g/mol. The van der Waals surface area contributed by atoms with Crippen molar-refractivity contribution in [3.05, 3.63) is 65.0 Å². The number of aliphatic hydroxyl groups excluding tert-OH is 1. The molecule has 0 aliphatic carbocycles. The highest BCUT2D eigenvalue weighted by molar-refractivity contribution is 5.78. The van der Waals surface area contributed by atoms with Gasteiger partial charge in [-0.2, -0.15) is 0 Å². The minimum atomic E-state index is -0.00201. The van der Waals surface area contributed by atoms with Gasteiger partial charge in [-0.3, -0.25) is 9.78 Å². The zero-order valence-corrected chi connectivity index (χ0v) is 13.0. The lowest BCUT2D eigenvalue weighted by Gasteiger charge is -2.14. The van der Waals surface area contributed by atoms with E-state index in [1.54, 1.807) is 6.20 Å². The molecule has 0 spiro atoms. The number of rotatable bonds is 6. The minimum Gasteiger partial charge on any atom is -0.392 e. The molecule has 2 N–H and O–H groups in total. The van der Waals surface area contributed by atoms with Gasteiger partial charge in [-0.15, -0.1) is 0 Å². The predicted molar refractivity (Wildman–Crippen MR) is 86.4 cm³/mol. The van der Waals surface area contributed by atoms with Gasteiger partial charge in [0, 0.05) is 24.4 Å². The summed E-state index contributed by atoms with van der Waals surface area (Å²) >= 11 is 0. The Labute approximate surface area is 131 Å². The number of benzene rings is 1. The molecule has 0 radical (unpaired) electrons. The van der Waals surface area contributed by atoms with Gasteiger partial charge in [0.2, 0.25) is 5.91 Å². The van der Waals surface area contributed by atoms with Crippen LogP contribution in [0, 0.1) is 6.92 Å². The summed E-state index contributed by atoms with van der Waals surface area (Å²) in [4.78, 5) is 16.4. The number of carbonyl (C=O) groups excluding carboxylic acids is 1. The first-order chi connectivity index (χ1) is 10.6. The molecule has 0 aliphatic heterocycles. The number of hydrogen-bond acceptors (Lipinski definition) is 3. The van der Waals surface area contributed by atoms with Gasteiger partial charge in [0.1, 0.15) is 0 Å². The molecule has 116 valence electrons. The average Bonchev–Trinajstić information content (AvgIpc) is 2.50. The summed E-state index contributed by atoms with van der Waals surface area (Å²) in [6.07, 6.45) is 2.85. The standard InChI is InChI=1S/C18H22N2O2/c1-13-4-3-9-19-17(13)10-14(2)20-18(22)11-15-5-7-16(12-21)8-6-15/h3-9,14,21H,10-12H2,1-2H3,(H,20,22)/t14-/m1/s1. The van der Waals surface area contributed by atoms with Crippen LogP contribution >= 0.6 is 0 Å². The molecule has 1 aromatic carbocycles. The van der Waals surface area contributed by atoms with Crippen LogP contribution in [0.1, 0.15) is 29.3 Å². The first-order valence-corrected chi connectivity index (χ1v) is 7.47. The molecule has 2 aromatic rings. The van der Waals surface area contributed by atoms with Crippen LogP contribution < -0.4 is 5.32 Å². The van der Waals surface area contributed by atoms with Crippen LogP contribution in [0.2, 0.25) is 0 Å². The third kappa shape index (κ3) is 4.67. The lowest BCUT2D eigenvalue weighted by molar-refractivity contribution is -0.121. The Morgan fingerprint density at radius 2 is 1.91 bits per heavy atom. The number of nitrogens with one attached hydrogen (secondary N) is 1. The molecule has 1 amide bonds. The third-order valence-electron chi connectivity index (χ3n) is 3.60. The molecule has 0 aliphatic rings. The van der Waals surface area contributed by atoms with Gasteiger partial charge in [0.15, 0.2) is 0 Å². The number of hydrogen-bond donors (Lipinski definition) is 2. The number of pyridine rings is 1. The number of aliphatic hydroxyl groups is 1. The van der Waals surface area contributed by atoms with Crippen molar-refractivity contribution >= 4 is 5.91 Å². The van der Waals surface area contributed by atoms with Crippen molar-refractivity contribution in [3.8, 4) is 0 Å². The van der Waals surface area contributed by atoms with Crippen molar-refractivity contribution in [2.75, 3.05) is 0 Å². The second-order valence-electron chi connectivity index (χ2n) is 5.59. The van der Waals surface area contributed by atoms with E-state index in [1.807, 2.05) is 50.2 Å². The quantitative estimate of drug-likeness (QED) is 0.859. The molecule has 0 saturated carbocycles. The van der Waals surface area contributed by atoms with Gasteiger partial charge < -0.3 is 10.4 Å². The second kappa shape index (κ2) is 7.71. The smallest absolute Gasteiger partial charge is 0.224 e. The molecule has 1 atom stereocenters. The van der Waals surface area contributed by atoms with Crippen molar-refractivity contribution < 1.29 is 9.90 Å². The van der Waals surface area contributed by atoms with Crippen LogP contribution in [0.25, 0.3) is 0 Å². The zero-order chi connectivity index (χ0) is 15.9. The Morgan fingerprint density at radius 3 is 2.55 bits per heavy atom. The Bertz CT molecular complexity index is 623. The van der Waals surface area contributed by atoms with E-state index >= 15 is 0 Å². The Morgan fingerprint density at radius 1 is 1.23 bits per heavy atom. The van der Waals surface area contributed by atoms with Gasteiger partial charge in [-0.1, -0.05) is 30.3 Å². The molecule has 22 heavy (non-hydrogen) atoms. The normalized spacial score (nSPS) is 12.0. The molecule has 0 fully saturated rings. The molecule has 0 bridgehead atoms. The SMILES string of the molecule is Cc1cccnc1C[C@@H](C)NC(=O)Cc1ccc(CO)cc1. The van der Waals surface area contributed by atoms with Crippen molar-refractivity contribution in [2.24, 2.45) is 0 Å². The van der Waals surface area contributed by atoms with Crippen molar-refractivity contribution in [3.63, 3.8) is 0 Å². The van der Waals surface area contributed by atoms with Crippen LogP contribution in [0.3, 0.4) is 0 Å². The van der Waals surface area contributed by atoms with E-state index in [2.05, 4.69) is 10.3 Å². The first kappa shape index (κ1) is 16.2. The predicted octanol–water partition coefficient (Wildman–Crippen LogP) is 2.17. The summed E-state index contributed by atoms with van der Waals surface area (Å²) in [5.41, 5.74) is 3.95. The van der Waals surface area contributed by atoms with Gasteiger partial charge >= 0.3 is 0 Å². The highest BCUT2D eigenvalue weighted by atomic mass is 16.3. The fourth-order valence-corrected chi connectivity index (χ4v) is 2.35. The van der Waals surface area contributed by atoms with E-state index in [-0.39, 0.29) is 18.6 Å². The van der Waals surface area contributed by atoms with Crippen LogP contribution in [0.4, 0.5) is 0 Å². The number of amides is 1. The number of nitrogens with zero attached hydrogens (tertiary/aromatic N) is 1. The first-order valence-electron chi connectivity index (χ1n) is 7.47. The number of carbonyl (C=O) groups is 1. The molecule has 4 nitrogen and oxygen atoms in total. The highest BCUT2D eigenvalue weighted by Crippen LogP contribution is 2.08. The Balaban J connectivity index is 1.87. The lowest BCUT2D eigenvalue weighted by atomic mass is 10.1. The molecule has 4 heteroatoms. The van der Waals surface area contributed by atoms with Crippen molar-refractivity contribution in [1.82, 2.24) is 10.3 Å². The fraction of sp³-hybridized carbons (Fsp3) is 0.333. The van der Waals surface area contributed by atoms with Crippen LogP contribution in [-0.2, 0) is 24.2 Å². The summed E-state index contributed by atoms with van der Waals surface area (Å²) in [5.74, 6) is -0.00201. The van der Waals surface area contributed by atoms with E-state index in [9.17, 15) is 4.79 Å². The minimum absolute atomic E-state index is 0.00201. The number of aryl methyl sites for hydroxylation is 1. The average molecular weight is 298 g/mol. The summed E-state index contributed by atoms with van der Waals surface area (Å²) in [6, 6.07) is 11.4. The van der Waals surface area contributed by atoms with Gasteiger partial charge in [0.25, 0.3) is 0 Å². The molecular formula is C18H22N2O2. The third-order valence-corrected chi connectivity index (χ3v) is 3.60. The highest BCUT2D eigenvalue weighted by Gasteiger charge is 2.10. The van der Waals surface area contributed by atoms with Gasteiger partial charge in [-0.25, -0.2) is 0 Å². The molecule has 1 heterocycles. The summed E-state index contributed by atoms with van der Waals surface area (Å²) in [7, 11) is 0. The van der Waals surface area contributed by atoms with E-state index in [1.165, 1.54) is 0 Å². The van der Waals surface area contributed by atoms with Crippen molar-refractivity contribution in [1.29, 1.82) is 0 Å². The Hall–Kier alpha value is -2.20. The van der Waals surface area contributed by atoms with E-state index in [0.29, 0.717) is 6.42 Å². The van der Waals surface area contributed by atoms with Crippen LogP contribution in [-0.4, -0.2) is 22.0 Å². The summed E-state index contributed by atoms with van der Waals surface area (Å²) in [5, 5.41) is 12.0. The van der Waals surface area contributed by atoms with E-state index < -0.39 is 0 Å². The van der Waals surface area contributed by atoms with E-state index in [0.717, 1.165) is 28.8 Å². The largest absolute Gasteiger partial charge is 0.392 e. The fourth-order valence-electron chi connectivity index (χ4n) is 2.35. The van der Waals surface area contributed by atoms with E-state index in [4.69, 9.17) is 5.11 Å². The molecule has 2 rings (SSSR count). The molecule has 0 unspecified atom stereocenters. The lowest BCUT2D eigenvalue weighted by Crippen LogP contribution is -2.35. The van der Waals surface area contributed by atoms with Crippen molar-refractivity contribution in [2.45, 2.75) is 39.3 Å². The number of aromatic nitrogens is 1. The molecular weight excluding hydrogens is 276 g/mol. The van der Waals surface area contributed by atoms with Gasteiger partial charge in [0.05, 0.1) is 13.0 Å². The molecule has 1 aromatic heterocycles. The van der Waals surface area contributed by atoms with Crippen LogP contribution in [0.5, 0.6) is 0 Å². The summed E-state index contributed by atoms with van der Waals surface area (Å²) < 4.78 is 0. The molecule has 0 saturated heterocycles. The maximum absolute atomic E-state index is 12.1. The topological polar surface area (TPSA) is 62.2 Å². The van der Waals surface area contributed by atoms with Gasteiger partial charge in [-0.05, 0) is 36.6 Å². The summed E-state index contributed by atoms with van der Waals surface area (Å²) in [6.45, 7) is 4.04. The van der Waals surface area contributed by atoms with Crippen LogP contribution in [0.15, 0.2) is 42.6 Å². The zero-order valence-electron chi connectivity index (χ0n) is 13.0. The Kier molecular flexibility index (Phi) is 5.67. The maximum atomic E-state index is 12.1.